The number of benzene rings is 1. The summed E-state index contributed by atoms with van der Waals surface area (Å²) >= 11 is 0. The van der Waals surface area contributed by atoms with Gasteiger partial charge in [-0.3, -0.25) is 0 Å². The van der Waals surface area contributed by atoms with Crippen molar-refractivity contribution in [2.75, 3.05) is 7.11 Å². The predicted molar refractivity (Wildman–Crippen MR) is 63.5 cm³/mol. The number of methoxy groups -OCH3 is 1. The third kappa shape index (κ3) is 2.36. The minimum atomic E-state index is -0.0316. The van der Waals surface area contributed by atoms with E-state index in [2.05, 4.69) is 6.92 Å². The number of rotatable bonds is 3. The first-order chi connectivity index (χ1) is 7.70. The van der Waals surface area contributed by atoms with Crippen LogP contribution in [0.2, 0.25) is 0 Å². The molecule has 3 atom stereocenters. The van der Waals surface area contributed by atoms with Crippen molar-refractivity contribution in [2.45, 2.75) is 38.0 Å². The van der Waals surface area contributed by atoms with Crippen molar-refractivity contribution >= 4 is 0 Å². The molecule has 1 aliphatic rings. The van der Waals surface area contributed by atoms with E-state index in [1.807, 2.05) is 24.3 Å². The van der Waals surface area contributed by atoms with E-state index in [0.29, 0.717) is 6.10 Å². The van der Waals surface area contributed by atoms with E-state index < -0.39 is 0 Å². The van der Waals surface area contributed by atoms with Crippen LogP contribution in [-0.2, 0) is 4.74 Å². The van der Waals surface area contributed by atoms with E-state index in [1.165, 1.54) is 0 Å². The first-order valence-corrected chi connectivity index (χ1v) is 5.75. The first-order valence-electron chi connectivity index (χ1n) is 5.75. The van der Waals surface area contributed by atoms with Crippen molar-refractivity contribution in [3.05, 3.63) is 29.8 Å². The molecule has 0 bridgehead atoms. The minimum absolute atomic E-state index is 0.0316. The van der Waals surface area contributed by atoms with Crippen molar-refractivity contribution in [3.8, 4) is 5.75 Å². The smallest absolute Gasteiger partial charge is 0.118 e. The molecule has 3 heteroatoms. The number of hydrogen-bond donors (Lipinski definition) is 1. The summed E-state index contributed by atoms with van der Waals surface area (Å²) in [6.07, 6.45) is 2.65. The zero-order valence-corrected chi connectivity index (χ0v) is 9.85. The highest BCUT2D eigenvalue weighted by molar-refractivity contribution is 5.29. The van der Waals surface area contributed by atoms with Gasteiger partial charge in [0.2, 0.25) is 0 Å². The molecule has 1 heterocycles. The van der Waals surface area contributed by atoms with Crippen LogP contribution in [0.4, 0.5) is 0 Å². The summed E-state index contributed by atoms with van der Waals surface area (Å²) in [6.45, 7) is 2.10. The Morgan fingerprint density at radius 2 is 2.00 bits per heavy atom. The maximum Gasteiger partial charge on any atom is 0.118 e. The summed E-state index contributed by atoms with van der Waals surface area (Å²) in [5, 5.41) is 0. The van der Waals surface area contributed by atoms with Gasteiger partial charge in [0.25, 0.3) is 0 Å². The highest BCUT2D eigenvalue weighted by Gasteiger charge is 2.28. The van der Waals surface area contributed by atoms with Crippen LogP contribution < -0.4 is 10.5 Å². The number of nitrogens with two attached hydrogens (primary N) is 1. The van der Waals surface area contributed by atoms with Gasteiger partial charge in [0.15, 0.2) is 0 Å². The van der Waals surface area contributed by atoms with E-state index in [-0.39, 0.29) is 12.1 Å². The van der Waals surface area contributed by atoms with Gasteiger partial charge in [-0.2, -0.15) is 0 Å². The number of hydrogen-bond acceptors (Lipinski definition) is 3. The topological polar surface area (TPSA) is 44.5 Å². The summed E-state index contributed by atoms with van der Waals surface area (Å²) in [4.78, 5) is 0. The fraction of sp³-hybridized carbons (Fsp3) is 0.538. The van der Waals surface area contributed by atoms with Gasteiger partial charge in [0.05, 0.1) is 25.4 Å². The van der Waals surface area contributed by atoms with Gasteiger partial charge in [-0.15, -0.1) is 0 Å². The molecule has 0 amide bonds. The summed E-state index contributed by atoms with van der Waals surface area (Å²) in [5.74, 6) is 0.858. The fourth-order valence-corrected chi connectivity index (χ4v) is 2.14. The lowest BCUT2D eigenvalue weighted by atomic mass is 10.00. The maximum atomic E-state index is 6.19. The Kier molecular flexibility index (Phi) is 3.46. The molecule has 1 aliphatic heterocycles. The summed E-state index contributed by atoms with van der Waals surface area (Å²) in [5.41, 5.74) is 7.30. The zero-order valence-electron chi connectivity index (χ0n) is 9.85. The molecule has 0 saturated carbocycles. The minimum Gasteiger partial charge on any atom is -0.497 e. The maximum absolute atomic E-state index is 6.19. The Labute approximate surface area is 96.5 Å². The standard InChI is InChI=1S/C13H19NO2/c1-9-3-8-12(16-9)13(14)10-4-6-11(15-2)7-5-10/h4-7,9,12-13H,3,8,14H2,1-2H3. The van der Waals surface area contributed by atoms with Crippen molar-refractivity contribution in [1.29, 1.82) is 0 Å². The average Bonchev–Trinajstić information content (AvgIpc) is 2.75. The van der Waals surface area contributed by atoms with Crippen molar-refractivity contribution in [2.24, 2.45) is 5.73 Å². The van der Waals surface area contributed by atoms with Crippen molar-refractivity contribution in [3.63, 3.8) is 0 Å². The van der Waals surface area contributed by atoms with Gasteiger partial charge >= 0.3 is 0 Å². The van der Waals surface area contributed by atoms with E-state index in [9.17, 15) is 0 Å². The lowest BCUT2D eigenvalue weighted by Gasteiger charge is -2.20. The molecule has 2 N–H and O–H groups in total. The molecule has 2 rings (SSSR count). The first kappa shape index (κ1) is 11.4. The lowest BCUT2D eigenvalue weighted by Crippen LogP contribution is -2.26. The predicted octanol–water partition coefficient (Wildman–Crippen LogP) is 2.26. The molecule has 88 valence electrons. The van der Waals surface area contributed by atoms with E-state index in [1.54, 1.807) is 7.11 Å². The van der Waals surface area contributed by atoms with Crippen LogP contribution in [0.3, 0.4) is 0 Å². The van der Waals surface area contributed by atoms with Gasteiger partial charge in [-0.05, 0) is 37.5 Å². The second-order valence-corrected chi connectivity index (χ2v) is 4.36. The SMILES string of the molecule is COc1ccc(C(N)C2CCC(C)O2)cc1. The monoisotopic (exact) mass is 221 g/mol. The van der Waals surface area contributed by atoms with Crippen LogP contribution in [0.15, 0.2) is 24.3 Å². The van der Waals surface area contributed by atoms with Crippen molar-refractivity contribution in [1.82, 2.24) is 0 Å². The normalized spacial score (nSPS) is 26.7. The quantitative estimate of drug-likeness (QED) is 0.851. The molecular formula is C13H19NO2. The van der Waals surface area contributed by atoms with E-state index in [0.717, 1.165) is 24.2 Å². The van der Waals surface area contributed by atoms with Crippen LogP contribution >= 0.6 is 0 Å². The Balaban J connectivity index is 2.05. The van der Waals surface area contributed by atoms with Crippen LogP contribution in [0.25, 0.3) is 0 Å². The summed E-state index contributed by atoms with van der Waals surface area (Å²) in [7, 11) is 1.66. The van der Waals surface area contributed by atoms with Crippen molar-refractivity contribution < 1.29 is 9.47 Å². The molecule has 1 aromatic carbocycles. The molecular weight excluding hydrogens is 202 g/mol. The third-order valence-corrected chi connectivity index (χ3v) is 3.17. The molecule has 1 fully saturated rings. The van der Waals surface area contributed by atoms with Gasteiger partial charge in [0, 0.05) is 0 Å². The fourth-order valence-electron chi connectivity index (χ4n) is 2.14. The van der Waals surface area contributed by atoms with Crippen LogP contribution in [-0.4, -0.2) is 19.3 Å². The molecule has 16 heavy (non-hydrogen) atoms. The Bertz CT molecular complexity index is 336. The molecule has 3 unspecified atom stereocenters. The van der Waals surface area contributed by atoms with Crippen LogP contribution in [0.5, 0.6) is 5.75 Å². The molecule has 1 aromatic rings. The summed E-state index contributed by atoms with van der Waals surface area (Å²) < 4.78 is 10.9. The lowest BCUT2D eigenvalue weighted by molar-refractivity contribution is 0.0401. The number of ether oxygens (including phenoxy) is 2. The Hall–Kier alpha value is -1.06. The second kappa shape index (κ2) is 4.85. The van der Waals surface area contributed by atoms with Gasteiger partial charge in [-0.1, -0.05) is 12.1 Å². The highest BCUT2D eigenvalue weighted by Crippen LogP contribution is 2.29. The third-order valence-electron chi connectivity index (χ3n) is 3.17. The highest BCUT2D eigenvalue weighted by atomic mass is 16.5. The summed E-state index contributed by atoms with van der Waals surface area (Å²) in [6, 6.07) is 7.86. The van der Waals surface area contributed by atoms with Gasteiger partial charge in [0.1, 0.15) is 5.75 Å². The Morgan fingerprint density at radius 1 is 1.31 bits per heavy atom. The molecule has 0 aliphatic carbocycles. The molecule has 3 nitrogen and oxygen atoms in total. The molecule has 0 aromatic heterocycles. The average molecular weight is 221 g/mol. The molecule has 0 spiro atoms. The van der Waals surface area contributed by atoms with Gasteiger partial charge < -0.3 is 15.2 Å². The zero-order chi connectivity index (χ0) is 11.5. The molecule has 0 radical (unpaired) electrons. The largest absolute Gasteiger partial charge is 0.497 e. The van der Waals surface area contributed by atoms with Crippen LogP contribution in [0, 0.1) is 0 Å². The van der Waals surface area contributed by atoms with Gasteiger partial charge in [-0.25, -0.2) is 0 Å². The van der Waals surface area contributed by atoms with E-state index >= 15 is 0 Å². The molecule has 1 saturated heterocycles. The van der Waals surface area contributed by atoms with E-state index in [4.69, 9.17) is 15.2 Å². The Morgan fingerprint density at radius 3 is 2.50 bits per heavy atom. The second-order valence-electron chi connectivity index (χ2n) is 4.36. The van der Waals surface area contributed by atoms with Crippen LogP contribution in [0.1, 0.15) is 31.4 Å².